The second-order valence-corrected chi connectivity index (χ2v) is 6.32. The van der Waals surface area contributed by atoms with Crippen LogP contribution in [-0.2, 0) is 14.6 Å². The van der Waals surface area contributed by atoms with Crippen molar-refractivity contribution >= 4 is 9.84 Å². The van der Waals surface area contributed by atoms with Crippen molar-refractivity contribution in [3.8, 4) is 0 Å². The highest BCUT2D eigenvalue weighted by Gasteiger charge is 2.40. The van der Waals surface area contributed by atoms with Gasteiger partial charge in [0.2, 0.25) is 5.00 Å². The van der Waals surface area contributed by atoms with E-state index < -0.39 is 20.1 Å². The number of ether oxygens (including phenoxy) is 1. The van der Waals surface area contributed by atoms with Gasteiger partial charge in [-0.05, 0) is 20.8 Å². The molecule has 0 saturated carbocycles. The molecule has 0 aromatic rings. The maximum Gasteiger partial charge on any atom is 0.210 e. The van der Waals surface area contributed by atoms with Crippen LogP contribution in [0.1, 0.15) is 27.2 Å². The van der Waals surface area contributed by atoms with Crippen molar-refractivity contribution in [1.82, 2.24) is 0 Å². The summed E-state index contributed by atoms with van der Waals surface area (Å²) in [4.78, 5) is 0. The van der Waals surface area contributed by atoms with Crippen LogP contribution in [0.3, 0.4) is 0 Å². The molecular formula is C8H17FO3S. The number of rotatable bonds is 5. The van der Waals surface area contributed by atoms with Crippen molar-refractivity contribution in [2.24, 2.45) is 0 Å². The molecule has 5 heteroatoms. The SMILES string of the molecule is COCCC(C)(F)S(=O)(=O)C(C)C. The minimum Gasteiger partial charge on any atom is -0.385 e. The van der Waals surface area contributed by atoms with Crippen LogP contribution in [0.5, 0.6) is 0 Å². The topological polar surface area (TPSA) is 43.4 Å². The van der Waals surface area contributed by atoms with E-state index in [1.807, 2.05) is 0 Å². The fraction of sp³-hybridized carbons (Fsp3) is 1.00. The molecule has 0 aromatic heterocycles. The Labute approximate surface area is 79.2 Å². The monoisotopic (exact) mass is 212 g/mol. The normalized spacial score (nSPS) is 17.4. The first kappa shape index (κ1) is 12.8. The van der Waals surface area contributed by atoms with Crippen molar-refractivity contribution in [3.63, 3.8) is 0 Å². The highest BCUT2D eigenvalue weighted by molar-refractivity contribution is 7.93. The third-order valence-corrected chi connectivity index (χ3v) is 4.60. The lowest BCUT2D eigenvalue weighted by molar-refractivity contribution is 0.150. The minimum absolute atomic E-state index is 0.110. The zero-order valence-corrected chi connectivity index (χ0v) is 9.32. The molecule has 0 radical (unpaired) electrons. The number of sulfone groups is 1. The molecule has 1 atom stereocenters. The standard InChI is InChI=1S/C8H17FO3S/c1-7(2)13(10,11)8(3,9)5-6-12-4/h7H,5-6H2,1-4H3. The summed E-state index contributed by atoms with van der Waals surface area (Å²) < 4.78 is 41.1. The highest BCUT2D eigenvalue weighted by atomic mass is 32.2. The van der Waals surface area contributed by atoms with Gasteiger partial charge in [0.25, 0.3) is 0 Å². The van der Waals surface area contributed by atoms with Gasteiger partial charge in [0.15, 0.2) is 9.84 Å². The van der Waals surface area contributed by atoms with Crippen molar-refractivity contribution in [1.29, 1.82) is 0 Å². The van der Waals surface area contributed by atoms with Crippen LogP contribution in [0.2, 0.25) is 0 Å². The van der Waals surface area contributed by atoms with Crippen molar-refractivity contribution in [2.75, 3.05) is 13.7 Å². The smallest absolute Gasteiger partial charge is 0.210 e. The Bertz CT molecular complexity index is 244. The molecule has 0 saturated heterocycles. The second kappa shape index (κ2) is 4.37. The summed E-state index contributed by atoms with van der Waals surface area (Å²) in [6.07, 6.45) is -0.121. The van der Waals surface area contributed by atoms with Crippen molar-refractivity contribution in [3.05, 3.63) is 0 Å². The average Bonchev–Trinajstić information content (AvgIpc) is 2.00. The lowest BCUT2D eigenvalue weighted by Crippen LogP contribution is -2.37. The lowest BCUT2D eigenvalue weighted by Gasteiger charge is -2.22. The summed E-state index contributed by atoms with van der Waals surface area (Å²) in [5.74, 6) is 0. The van der Waals surface area contributed by atoms with Gasteiger partial charge in [0, 0.05) is 13.5 Å². The van der Waals surface area contributed by atoms with Gasteiger partial charge in [-0.3, -0.25) is 0 Å². The van der Waals surface area contributed by atoms with E-state index in [0.29, 0.717) is 0 Å². The molecule has 0 spiro atoms. The van der Waals surface area contributed by atoms with E-state index in [0.717, 1.165) is 6.92 Å². The Balaban J connectivity index is 4.62. The van der Waals surface area contributed by atoms with Gasteiger partial charge in [0.1, 0.15) is 0 Å². The van der Waals surface area contributed by atoms with Gasteiger partial charge in [-0.1, -0.05) is 0 Å². The van der Waals surface area contributed by atoms with E-state index in [1.165, 1.54) is 21.0 Å². The molecule has 0 N–H and O–H groups in total. The van der Waals surface area contributed by atoms with Crippen molar-refractivity contribution in [2.45, 2.75) is 37.4 Å². The Morgan fingerprint density at radius 2 is 1.92 bits per heavy atom. The number of hydrogen-bond acceptors (Lipinski definition) is 3. The number of halogens is 1. The van der Waals surface area contributed by atoms with E-state index in [9.17, 15) is 12.8 Å². The Morgan fingerprint density at radius 3 is 2.23 bits per heavy atom. The molecule has 1 unspecified atom stereocenters. The van der Waals surface area contributed by atoms with Gasteiger partial charge in [0.05, 0.1) is 11.9 Å². The molecule has 0 aliphatic carbocycles. The maximum absolute atomic E-state index is 13.6. The average molecular weight is 212 g/mol. The van der Waals surface area contributed by atoms with E-state index in [4.69, 9.17) is 0 Å². The van der Waals surface area contributed by atoms with Gasteiger partial charge in [-0.25, -0.2) is 12.8 Å². The molecule has 0 bridgehead atoms. The zero-order chi connectivity index (χ0) is 10.7. The number of methoxy groups -OCH3 is 1. The Kier molecular flexibility index (Phi) is 4.32. The van der Waals surface area contributed by atoms with Gasteiger partial charge in [-0.15, -0.1) is 0 Å². The largest absolute Gasteiger partial charge is 0.385 e. The van der Waals surface area contributed by atoms with Crippen LogP contribution in [0.25, 0.3) is 0 Å². The molecule has 0 fully saturated rings. The van der Waals surface area contributed by atoms with Crippen LogP contribution >= 0.6 is 0 Å². The number of alkyl halides is 1. The summed E-state index contributed by atoms with van der Waals surface area (Å²) in [6.45, 7) is 4.14. The molecule has 0 rings (SSSR count). The van der Waals surface area contributed by atoms with Crippen LogP contribution in [-0.4, -0.2) is 32.4 Å². The molecule has 0 aliphatic rings. The molecular weight excluding hydrogens is 195 g/mol. The molecule has 0 amide bonds. The first-order valence-corrected chi connectivity index (χ1v) is 5.71. The molecule has 0 aromatic carbocycles. The first-order chi connectivity index (χ1) is 5.75. The summed E-state index contributed by atoms with van der Waals surface area (Å²) in [5.41, 5.74) is 0. The molecule has 0 heterocycles. The van der Waals surface area contributed by atoms with E-state index in [1.54, 1.807) is 0 Å². The van der Waals surface area contributed by atoms with Crippen molar-refractivity contribution < 1.29 is 17.5 Å². The quantitative estimate of drug-likeness (QED) is 0.694. The predicted molar refractivity (Wildman–Crippen MR) is 50.1 cm³/mol. The van der Waals surface area contributed by atoms with Gasteiger partial charge >= 0.3 is 0 Å². The summed E-state index contributed by atoms with van der Waals surface area (Å²) in [5, 5.41) is -2.88. The van der Waals surface area contributed by atoms with Gasteiger partial charge in [-0.2, -0.15) is 0 Å². The Morgan fingerprint density at radius 1 is 1.46 bits per heavy atom. The maximum atomic E-state index is 13.6. The second-order valence-electron chi connectivity index (χ2n) is 3.44. The Hall–Kier alpha value is -0.160. The molecule has 80 valence electrons. The van der Waals surface area contributed by atoms with Crippen LogP contribution in [0.4, 0.5) is 4.39 Å². The van der Waals surface area contributed by atoms with Crippen LogP contribution in [0.15, 0.2) is 0 Å². The summed E-state index contributed by atoms with van der Waals surface area (Å²) in [6, 6.07) is 0. The van der Waals surface area contributed by atoms with E-state index >= 15 is 0 Å². The lowest BCUT2D eigenvalue weighted by atomic mass is 10.3. The third kappa shape index (κ3) is 2.91. The third-order valence-electron chi connectivity index (χ3n) is 1.97. The van der Waals surface area contributed by atoms with E-state index in [-0.39, 0.29) is 13.0 Å². The van der Waals surface area contributed by atoms with Gasteiger partial charge < -0.3 is 4.74 Å². The fourth-order valence-electron chi connectivity index (χ4n) is 0.918. The summed E-state index contributed by atoms with van der Waals surface area (Å²) >= 11 is 0. The molecule has 3 nitrogen and oxygen atoms in total. The first-order valence-electron chi connectivity index (χ1n) is 4.17. The molecule has 13 heavy (non-hydrogen) atoms. The van der Waals surface area contributed by atoms with E-state index in [2.05, 4.69) is 4.74 Å². The number of hydrogen-bond donors (Lipinski definition) is 0. The fourth-order valence-corrected chi connectivity index (χ4v) is 2.27. The highest BCUT2D eigenvalue weighted by Crippen LogP contribution is 2.26. The molecule has 0 aliphatic heterocycles. The minimum atomic E-state index is -3.70. The van der Waals surface area contributed by atoms with Crippen LogP contribution < -0.4 is 0 Å². The summed E-state index contributed by atoms with van der Waals surface area (Å²) in [7, 11) is -2.28. The van der Waals surface area contributed by atoms with Crippen LogP contribution in [0, 0.1) is 0 Å². The zero-order valence-electron chi connectivity index (χ0n) is 8.50. The predicted octanol–water partition coefficient (Wildman–Crippen LogP) is 1.53.